The number of ether oxygens (including phenoxy) is 1. The normalized spacial score (nSPS) is 32.3. The maximum Gasteiger partial charge on any atom is 0.336 e. The molecule has 4 aliphatic rings. The predicted molar refractivity (Wildman–Crippen MR) is 91.5 cm³/mol. The number of esters is 1. The zero-order valence-corrected chi connectivity index (χ0v) is 14.9. The summed E-state index contributed by atoms with van der Waals surface area (Å²) in [5.41, 5.74) is 2.74. The number of Topliss-reactive ketones (excluding diaryl/α,β-unsaturated/α-hetero) is 1. The van der Waals surface area contributed by atoms with Gasteiger partial charge in [0.05, 0.1) is 23.8 Å². The molecule has 1 heterocycles. The molecule has 2 unspecified atom stereocenters. The number of carbonyl (C=O) groups is 2. The fourth-order valence-corrected chi connectivity index (χ4v) is 4.58. The van der Waals surface area contributed by atoms with Crippen molar-refractivity contribution in [3.05, 3.63) is 11.3 Å². The van der Waals surface area contributed by atoms with Crippen molar-refractivity contribution in [2.24, 2.45) is 34.1 Å². The van der Waals surface area contributed by atoms with Crippen LogP contribution in [0.25, 0.3) is 0 Å². The molecule has 3 aliphatic carbocycles. The third-order valence-corrected chi connectivity index (χ3v) is 5.84. The van der Waals surface area contributed by atoms with Gasteiger partial charge in [-0.3, -0.25) is 9.79 Å². The Kier molecular flexibility index (Phi) is 3.70. The zero-order valence-electron chi connectivity index (χ0n) is 14.9. The Morgan fingerprint density at radius 3 is 2.50 bits per heavy atom. The highest BCUT2D eigenvalue weighted by Crippen LogP contribution is 2.54. The molecule has 4 rings (SSSR count). The van der Waals surface area contributed by atoms with Gasteiger partial charge in [0.1, 0.15) is 5.78 Å². The highest BCUT2D eigenvalue weighted by atomic mass is 16.5. The molecule has 0 amide bonds. The third kappa shape index (κ3) is 2.74. The van der Waals surface area contributed by atoms with Crippen LogP contribution in [0.5, 0.6) is 0 Å². The van der Waals surface area contributed by atoms with Crippen molar-refractivity contribution in [3.63, 3.8) is 0 Å². The monoisotopic (exact) mass is 329 g/mol. The van der Waals surface area contributed by atoms with Crippen molar-refractivity contribution in [3.8, 4) is 0 Å². The van der Waals surface area contributed by atoms with Gasteiger partial charge in [0.2, 0.25) is 0 Å². The number of hydrogen-bond acceptors (Lipinski definition) is 4. The predicted octanol–water partition coefficient (Wildman–Crippen LogP) is 3.70. The maximum absolute atomic E-state index is 12.9. The molecule has 0 saturated heterocycles. The Labute approximate surface area is 143 Å². The minimum Gasteiger partial charge on any atom is -0.463 e. The fourth-order valence-electron chi connectivity index (χ4n) is 4.58. The Morgan fingerprint density at radius 2 is 1.92 bits per heavy atom. The van der Waals surface area contributed by atoms with E-state index in [1.807, 2.05) is 6.92 Å². The fraction of sp³-hybridized carbons (Fsp3) is 0.750. The van der Waals surface area contributed by atoms with Crippen LogP contribution in [0.4, 0.5) is 0 Å². The van der Waals surface area contributed by atoms with Gasteiger partial charge in [-0.15, -0.1) is 0 Å². The molecule has 2 atom stereocenters. The topological polar surface area (TPSA) is 55.7 Å². The van der Waals surface area contributed by atoms with Crippen LogP contribution >= 0.6 is 0 Å². The Balaban J connectivity index is 1.81. The van der Waals surface area contributed by atoms with E-state index in [9.17, 15) is 9.59 Å². The van der Waals surface area contributed by atoms with E-state index in [4.69, 9.17) is 9.73 Å². The molecule has 0 bridgehead atoms. The smallest absolute Gasteiger partial charge is 0.336 e. The Bertz CT molecular complexity index is 650. The van der Waals surface area contributed by atoms with Crippen molar-refractivity contribution in [2.75, 3.05) is 6.61 Å². The van der Waals surface area contributed by atoms with E-state index in [0.717, 1.165) is 49.1 Å². The first-order valence-electron chi connectivity index (χ1n) is 9.42. The SMILES string of the molecule is CCOC(=O)C1=C(C2CC2)N=C2CC(C)(C)CC(=O)C2C1C1CC1. The van der Waals surface area contributed by atoms with Crippen molar-refractivity contribution in [1.29, 1.82) is 0 Å². The van der Waals surface area contributed by atoms with Crippen LogP contribution in [0.15, 0.2) is 16.3 Å². The number of hydrogen-bond donors (Lipinski definition) is 0. The first kappa shape index (κ1) is 16.0. The molecule has 0 aromatic carbocycles. The van der Waals surface area contributed by atoms with Gasteiger partial charge in [-0.25, -0.2) is 4.79 Å². The lowest BCUT2D eigenvalue weighted by Crippen LogP contribution is -2.46. The van der Waals surface area contributed by atoms with E-state index in [0.29, 0.717) is 24.9 Å². The third-order valence-electron chi connectivity index (χ3n) is 5.84. The van der Waals surface area contributed by atoms with Crippen molar-refractivity contribution in [1.82, 2.24) is 0 Å². The lowest BCUT2D eigenvalue weighted by atomic mass is 9.63. The van der Waals surface area contributed by atoms with Crippen LogP contribution in [0.1, 0.15) is 59.3 Å². The molecule has 0 aromatic heterocycles. The molecule has 4 nitrogen and oxygen atoms in total. The summed E-state index contributed by atoms with van der Waals surface area (Å²) in [7, 11) is 0. The van der Waals surface area contributed by atoms with Gasteiger partial charge in [-0.05, 0) is 50.4 Å². The number of nitrogens with zero attached hydrogens (tertiary/aromatic N) is 1. The molecule has 3 fully saturated rings. The van der Waals surface area contributed by atoms with Crippen LogP contribution in [0.2, 0.25) is 0 Å². The minimum absolute atomic E-state index is 0.0173. The molecule has 4 heteroatoms. The number of allylic oxidation sites excluding steroid dienone is 1. The minimum atomic E-state index is -0.225. The van der Waals surface area contributed by atoms with Gasteiger partial charge in [0.15, 0.2) is 0 Å². The van der Waals surface area contributed by atoms with Crippen LogP contribution in [0, 0.1) is 29.1 Å². The lowest BCUT2D eigenvalue weighted by molar-refractivity contribution is -0.139. The molecule has 130 valence electrons. The first-order chi connectivity index (χ1) is 11.4. The standard InChI is InChI=1S/C20H27NO3/c1-4-24-19(23)17-15(11-5-6-11)16-13(21-18(17)12-7-8-12)9-20(2,3)10-14(16)22/h11-12,15-16H,4-10H2,1-3H3. The first-order valence-corrected chi connectivity index (χ1v) is 9.42. The number of fused-ring (bicyclic) bond motifs is 1. The molecule has 0 spiro atoms. The number of ketones is 1. The van der Waals surface area contributed by atoms with Gasteiger partial charge in [0.25, 0.3) is 0 Å². The second kappa shape index (κ2) is 5.53. The highest BCUT2D eigenvalue weighted by molar-refractivity contribution is 6.11. The molecule has 0 N–H and O–H groups in total. The average Bonchev–Trinajstić information content (AvgIpc) is 3.37. The van der Waals surface area contributed by atoms with Crippen LogP contribution in [-0.4, -0.2) is 24.1 Å². The van der Waals surface area contributed by atoms with Crippen LogP contribution in [0.3, 0.4) is 0 Å². The van der Waals surface area contributed by atoms with E-state index in [1.54, 1.807) is 0 Å². The van der Waals surface area contributed by atoms with Crippen LogP contribution < -0.4 is 0 Å². The summed E-state index contributed by atoms with van der Waals surface area (Å²) >= 11 is 0. The van der Waals surface area contributed by atoms with Gasteiger partial charge in [-0.1, -0.05) is 13.8 Å². The second-order valence-corrected chi connectivity index (χ2v) is 8.72. The second-order valence-electron chi connectivity index (χ2n) is 8.72. The lowest BCUT2D eigenvalue weighted by Gasteiger charge is -2.41. The summed E-state index contributed by atoms with van der Waals surface area (Å²) in [6.07, 6.45) is 5.91. The molecular weight excluding hydrogens is 302 g/mol. The molecular formula is C20H27NO3. The van der Waals surface area contributed by atoms with Crippen LogP contribution in [-0.2, 0) is 14.3 Å². The molecule has 3 saturated carbocycles. The summed E-state index contributed by atoms with van der Waals surface area (Å²) in [5, 5.41) is 0. The zero-order chi connectivity index (χ0) is 17.1. The quantitative estimate of drug-likeness (QED) is 0.739. The number of aliphatic imine (C=N–C) groups is 1. The molecule has 0 aromatic rings. The maximum atomic E-state index is 12.9. The Morgan fingerprint density at radius 1 is 1.21 bits per heavy atom. The molecule has 24 heavy (non-hydrogen) atoms. The molecule has 1 aliphatic heterocycles. The Hall–Kier alpha value is -1.45. The summed E-state index contributed by atoms with van der Waals surface area (Å²) in [6, 6.07) is 0. The van der Waals surface area contributed by atoms with Gasteiger partial charge in [-0.2, -0.15) is 0 Å². The average molecular weight is 329 g/mol. The summed E-state index contributed by atoms with van der Waals surface area (Å²) < 4.78 is 5.38. The van der Waals surface area contributed by atoms with E-state index >= 15 is 0 Å². The highest BCUT2D eigenvalue weighted by Gasteiger charge is 2.53. The van der Waals surface area contributed by atoms with E-state index < -0.39 is 0 Å². The van der Waals surface area contributed by atoms with E-state index in [1.165, 1.54) is 0 Å². The van der Waals surface area contributed by atoms with Gasteiger partial charge in [0, 0.05) is 24.0 Å². The summed E-state index contributed by atoms with van der Waals surface area (Å²) in [6.45, 7) is 6.52. The number of rotatable bonds is 4. The summed E-state index contributed by atoms with van der Waals surface area (Å²) in [4.78, 5) is 30.6. The van der Waals surface area contributed by atoms with Crippen molar-refractivity contribution < 1.29 is 14.3 Å². The summed E-state index contributed by atoms with van der Waals surface area (Å²) in [5.74, 6) is 0.761. The van der Waals surface area contributed by atoms with Crippen molar-refractivity contribution in [2.45, 2.75) is 59.3 Å². The van der Waals surface area contributed by atoms with E-state index in [-0.39, 0.29) is 29.0 Å². The number of carbonyl (C=O) groups excluding carboxylic acids is 2. The molecule has 0 radical (unpaired) electrons. The van der Waals surface area contributed by atoms with Gasteiger partial charge >= 0.3 is 5.97 Å². The van der Waals surface area contributed by atoms with E-state index in [2.05, 4.69) is 13.8 Å². The van der Waals surface area contributed by atoms with Crippen molar-refractivity contribution >= 4 is 17.5 Å². The van der Waals surface area contributed by atoms with Gasteiger partial charge < -0.3 is 4.74 Å². The largest absolute Gasteiger partial charge is 0.463 e.